The largest absolute Gasteiger partial charge is 0.481 e. The van der Waals surface area contributed by atoms with Crippen LogP contribution in [0.5, 0.6) is 0 Å². The third-order valence-corrected chi connectivity index (χ3v) is 3.72. The minimum absolute atomic E-state index is 0.216. The maximum absolute atomic E-state index is 12.0. The van der Waals surface area contributed by atoms with Crippen molar-refractivity contribution in [3.05, 3.63) is 0 Å². The number of carboxylic acid groups (broad SMARTS) is 1. The monoisotopic (exact) mass is 270 g/mol. The van der Waals surface area contributed by atoms with E-state index in [0.717, 1.165) is 25.7 Å². The van der Waals surface area contributed by atoms with Gasteiger partial charge >= 0.3 is 5.97 Å². The summed E-state index contributed by atoms with van der Waals surface area (Å²) >= 11 is 0. The van der Waals surface area contributed by atoms with Gasteiger partial charge in [-0.05, 0) is 25.2 Å². The lowest BCUT2D eigenvalue weighted by Crippen LogP contribution is -2.49. The van der Waals surface area contributed by atoms with Crippen LogP contribution >= 0.6 is 0 Å². The predicted octanol–water partition coefficient (Wildman–Crippen LogP) is 1.51. The predicted molar refractivity (Wildman–Crippen MR) is 73.6 cm³/mol. The first-order valence-corrected chi connectivity index (χ1v) is 7.20. The van der Waals surface area contributed by atoms with Gasteiger partial charge in [-0.1, -0.05) is 33.1 Å². The van der Waals surface area contributed by atoms with Crippen LogP contribution in [-0.4, -0.2) is 29.1 Å². The van der Waals surface area contributed by atoms with Crippen molar-refractivity contribution in [2.45, 2.75) is 64.5 Å². The molecule has 1 fully saturated rings. The Kier molecular flexibility index (Phi) is 6.28. The van der Waals surface area contributed by atoms with Gasteiger partial charge in [-0.25, -0.2) is 0 Å². The van der Waals surface area contributed by atoms with E-state index in [0.29, 0.717) is 18.8 Å². The topological polar surface area (TPSA) is 92.4 Å². The van der Waals surface area contributed by atoms with Gasteiger partial charge in [0.05, 0.1) is 12.0 Å². The third-order valence-electron chi connectivity index (χ3n) is 3.72. The lowest BCUT2D eigenvalue weighted by molar-refractivity contribution is -0.143. The van der Waals surface area contributed by atoms with E-state index in [-0.39, 0.29) is 11.9 Å². The molecule has 3 atom stereocenters. The van der Waals surface area contributed by atoms with E-state index >= 15 is 0 Å². The quantitative estimate of drug-likeness (QED) is 0.660. The highest BCUT2D eigenvalue weighted by atomic mass is 16.4. The van der Waals surface area contributed by atoms with Crippen LogP contribution in [-0.2, 0) is 9.59 Å². The number of rotatable bonds is 5. The molecule has 1 amide bonds. The molecule has 0 heterocycles. The zero-order chi connectivity index (χ0) is 14.4. The van der Waals surface area contributed by atoms with Gasteiger partial charge in [0, 0.05) is 6.04 Å². The van der Waals surface area contributed by atoms with Crippen molar-refractivity contribution in [2.75, 3.05) is 0 Å². The molecule has 0 aromatic heterocycles. The summed E-state index contributed by atoms with van der Waals surface area (Å²) in [4.78, 5) is 23.3. The second-order valence-electron chi connectivity index (χ2n) is 5.93. The first-order valence-electron chi connectivity index (χ1n) is 7.20. The van der Waals surface area contributed by atoms with Crippen molar-refractivity contribution in [3.63, 3.8) is 0 Å². The molecule has 0 aromatic carbocycles. The second-order valence-corrected chi connectivity index (χ2v) is 5.93. The second kappa shape index (κ2) is 7.48. The zero-order valence-corrected chi connectivity index (χ0v) is 11.9. The van der Waals surface area contributed by atoms with Gasteiger partial charge < -0.3 is 16.2 Å². The SMILES string of the molecule is CC(C)C[C@@H](N)C(=O)NC1CCCCCC1C(=O)O. The van der Waals surface area contributed by atoms with Crippen LogP contribution in [0, 0.1) is 11.8 Å². The Morgan fingerprint density at radius 3 is 2.47 bits per heavy atom. The molecule has 0 spiro atoms. The number of nitrogens with one attached hydrogen (secondary N) is 1. The van der Waals surface area contributed by atoms with E-state index in [2.05, 4.69) is 5.32 Å². The van der Waals surface area contributed by atoms with E-state index in [9.17, 15) is 14.7 Å². The van der Waals surface area contributed by atoms with Gasteiger partial charge in [0.25, 0.3) is 0 Å². The number of amides is 1. The van der Waals surface area contributed by atoms with Gasteiger partial charge in [0.2, 0.25) is 5.91 Å². The summed E-state index contributed by atoms with van der Waals surface area (Å²) in [6, 6.07) is -0.816. The van der Waals surface area contributed by atoms with E-state index in [1.807, 2.05) is 13.8 Å². The Morgan fingerprint density at radius 2 is 1.89 bits per heavy atom. The summed E-state index contributed by atoms with van der Waals surface area (Å²) in [5.41, 5.74) is 5.84. The van der Waals surface area contributed by atoms with E-state index < -0.39 is 17.9 Å². The molecule has 0 radical (unpaired) electrons. The van der Waals surface area contributed by atoms with Crippen molar-refractivity contribution in [2.24, 2.45) is 17.6 Å². The van der Waals surface area contributed by atoms with Gasteiger partial charge in [0.15, 0.2) is 0 Å². The molecule has 0 saturated heterocycles. The Hall–Kier alpha value is -1.10. The Bertz CT molecular complexity index is 318. The molecule has 1 aliphatic rings. The number of aliphatic carboxylic acids is 1. The first-order chi connectivity index (χ1) is 8.91. The Labute approximate surface area is 114 Å². The highest BCUT2D eigenvalue weighted by molar-refractivity contribution is 5.82. The molecule has 0 aliphatic heterocycles. The molecule has 19 heavy (non-hydrogen) atoms. The van der Waals surface area contributed by atoms with Crippen molar-refractivity contribution < 1.29 is 14.7 Å². The van der Waals surface area contributed by atoms with Crippen molar-refractivity contribution in [3.8, 4) is 0 Å². The molecule has 1 saturated carbocycles. The fourth-order valence-corrected chi connectivity index (χ4v) is 2.68. The smallest absolute Gasteiger partial charge is 0.308 e. The van der Waals surface area contributed by atoms with E-state index in [4.69, 9.17) is 5.73 Å². The molecular weight excluding hydrogens is 244 g/mol. The molecule has 0 aromatic rings. The number of nitrogens with two attached hydrogens (primary N) is 1. The fraction of sp³-hybridized carbons (Fsp3) is 0.857. The normalized spacial score (nSPS) is 25.7. The lowest BCUT2D eigenvalue weighted by Gasteiger charge is -2.25. The standard InChI is InChI=1S/C14H26N2O3/c1-9(2)8-11(15)13(17)16-12-7-5-3-4-6-10(12)14(18)19/h9-12H,3-8,15H2,1-2H3,(H,16,17)(H,18,19)/t10?,11-,12?/m1/s1. The van der Waals surface area contributed by atoms with Crippen LogP contribution in [0.25, 0.3) is 0 Å². The van der Waals surface area contributed by atoms with Crippen LogP contribution in [0.4, 0.5) is 0 Å². The first kappa shape index (κ1) is 16.0. The average Bonchev–Trinajstić information content (AvgIpc) is 2.53. The molecule has 1 rings (SSSR count). The molecule has 110 valence electrons. The van der Waals surface area contributed by atoms with E-state index in [1.54, 1.807) is 0 Å². The van der Waals surface area contributed by atoms with Gasteiger partial charge in [-0.3, -0.25) is 9.59 Å². The van der Waals surface area contributed by atoms with Crippen molar-refractivity contribution in [1.82, 2.24) is 5.32 Å². The Morgan fingerprint density at radius 1 is 1.26 bits per heavy atom. The maximum atomic E-state index is 12.0. The summed E-state index contributed by atoms with van der Waals surface area (Å²) < 4.78 is 0. The molecule has 1 aliphatic carbocycles. The minimum atomic E-state index is -0.815. The van der Waals surface area contributed by atoms with Gasteiger partial charge in [0.1, 0.15) is 0 Å². The third kappa shape index (κ3) is 5.19. The Balaban J connectivity index is 2.60. The van der Waals surface area contributed by atoms with Crippen LogP contribution in [0.1, 0.15) is 52.4 Å². The fourth-order valence-electron chi connectivity index (χ4n) is 2.68. The maximum Gasteiger partial charge on any atom is 0.308 e. The average molecular weight is 270 g/mol. The summed E-state index contributed by atoms with van der Waals surface area (Å²) in [6.45, 7) is 4.03. The van der Waals surface area contributed by atoms with Crippen LogP contribution in [0.2, 0.25) is 0 Å². The molecule has 5 nitrogen and oxygen atoms in total. The van der Waals surface area contributed by atoms with Crippen molar-refractivity contribution in [1.29, 1.82) is 0 Å². The van der Waals surface area contributed by atoms with Crippen LogP contribution in [0.15, 0.2) is 0 Å². The summed E-state index contributed by atoms with van der Waals surface area (Å²) in [6.07, 6.45) is 4.91. The molecule has 5 heteroatoms. The molecule has 4 N–H and O–H groups in total. The molecule has 2 unspecified atom stereocenters. The van der Waals surface area contributed by atoms with Gasteiger partial charge in [-0.2, -0.15) is 0 Å². The summed E-state index contributed by atoms with van der Waals surface area (Å²) in [5.74, 6) is -1.15. The number of hydrogen-bond acceptors (Lipinski definition) is 3. The minimum Gasteiger partial charge on any atom is -0.481 e. The lowest BCUT2D eigenvalue weighted by atomic mass is 9.94. The highest BCUT2D eigenvalue weighted by Gasteiger charge is 2.31. The number of carbonyl (C=O) groups is 2. The number of hydrogen-bond donors (Lipinski definition) is 3. The summed E-state index contributed by atoms with van der Waals surface area (Å²) in [7, 11) is 0. The highest BCUT2D eigenvalue weighted by Crippen LogP contribution is 2.24. The zero-order valence-electron chi connectivity index (χ0n) is 11.9. The van der Waals surface area contributed by atoms with Crippen molar-refractivity contribution >= 4 is 11.9 Å². The van der Waals surface area contributed by atoms with E-state index in [1.165, 1.54) is 0 Å². The number of carbonyl (C=O) groups excluding carboxylic acids is 1. The van der Waals surface area contributed by atoms with Crippen LogP contribution in [0.3, 0.4) is 0 Å². The molecule has 0 bridgehead atoms. The number of carboxylic acids is 1. The summed E-state index contributed by atoms with van der Waals surface area (Å²) in [5, 5.41) is 12.1. The van der Waals surface area contributed by atoms with Gasteiger partial charge in [-0.15, -0.1) is 0 Å². The van der Waals surface area contributed by atoms with Crippen LogP contribution < -0.4 is 11.1 Å². The molecular formula is C14H26N2O3.